The van der Waals surface area contributed by atoms with Crippen LogP contribution in [-0.4, -0.2) is 28.9 Å². The van der Waals surface area contributed by atoms with Crippen molar-refractivity contribution < 1.29 is 14.4 Å². The summed E-state index contributed by atoms with van der Waals surface area (Å²) in [5.74, 6) is -0.498. The van der Waals surface area contributed by atoms with E-state index in [4.69, 9.17) is 0 Å². The SMILES string of the molecule is C[C@@H](NC(=O)Nc1ccccc1)N1C(=O)[C@@H]2[C@H](C1=O)[C@H]1C=C[C@H]2CC1. The average molecular weight is 339 g/mol. The minimum Gasteiger partial charge on any atom is -0.317 e. The molecule has 1 aromatic rings. The standard InChI is InChI=1S/C19H21N3O3/c1-11(20-19(25)21-14-5-3-2-4-6-14)22-17(23)15-12-7-8-13(10-9-12)16(15)18(22)24/h2-8,11-13,15-16H,9-10H2,1H3,(H2,20,21,25)/t11-,12-,13-,15-,16+/m0/s1. The molecule has 25 heavy (non-hydrogen) atoms. The molecule has 6 heteroatoms. The monoisotopic (exact) mass is 339 g/mol. The number of rotatable bonds is 3. The van der Waals surface area contributed by atoms with Crippen LogP contribution in [0.1, 0.15) is 19.8 Å². The van der Waals surface area contributed by atoms with Crippen LogP contribution < -0.4 is 10.6 Å². The number of fused-ring (bicyclic) bond motifs is 1. The summed E-state index contributed by atoms with van der Waals surface area (Å²) in [6.07, 6.45) is 5.43. The lowest BCUT2D eigenvalue weighted by Gasteiger charge is -2.38. The Balaban J connectivity index is 1.46. The van der Waals surface area contributed by atoms with Gasteiger partial charge >= 0.3 is 6.03 Å². The third-order valence-electron chi connectivity index (χ3n) is 5.55. The number of nitrogens with zero attached hydrogens (tertiary/aromatic N) is 1. The molecule has 1 heterocycles. The molecule has 0 unspecified atom stereocenters. The van der Waals surface area contributed by atoms with Gasteiger partial charge in [0.1, 0.15) is 6.17 Å². The molecule has 2 bridgehead atoms. The summed E-state index contributed by atoms with van der Waals surface area (Å²) in [6.45, 7) is 1.67. The van der Waals surface area contributed by atoms with Gasteiger partial charge in [-0.1, -0.05) is 30.4 Å². The summed E-state index contributed by atoms with van der Waals surface area (Å²) < 4.78 is 0. The Bertz CT molecular complexity index is 714. The lowest BCUT2D eigenvalue weighted by atomic mass is 9.63. The number of anilines is 1. The number of benzene rings is 1. The molecule has 1 saturated carbocycles. The maximum Gasteiger partial charge on any atom is 0.320 e. The third-order valence-corrected chi connectivity index (χ3v) is 5.55. The van der Waals surface area contributed by atoms with E-state index in [0.29, 0.717) is 5.69 Å². The summed E-state index contributed by atoms with van der Waals surface area (Å²) in [6, 6.07) is 8.61. The number of likely N-dealkylation sites (tertiary alicyclic amines) is 1. The fourth-order valence-corrected chi connectivity index (χ4v) is 4.42. The molecule has 4 amide bonds. The van der Waals surface area contributed by atoms with Gasteiger partial charge in [0.2, 0.25) is 11.8 Å². The molecule has 6 nitrogen and oxygen atoms in total. The Morgan fingerprint density at radius 3 is 2.12 bits per heavy atom. The topological polar surface area (TPSA) is 78.5 Å². The molecular weight excluding hydrogens is 318 g/mol. The number of carbonyl (C=O) groups is 3. The van der Waals surface area contributed by atoms with Crippen LogP contribution in [0.2, 0.25) is 0 Å². The Kier molecular flexibility index (Phi) is 3.82. The van der Waals surface area contributed by atoms with Crippen LogP contribution in [0.15, 0.2) is 42.5 Å². The fraction of sp³-hybridized carbons (Fsp3) is 0.421. The van der Waals surface area contributed by atoms with Crippen molar-refractivity contribution in [2.75, 3.05) is 5.32 Å². The summed E-state index contributed by atoms with van der Waals surface area (Å²) in [5, 5.41) is 5.41. The first-order valence-corrected chi connectivity index (χ1v) is 8.74. The van der Waals surface area contributed by atoms with E-state index in [-0.39, 0.29) is 35.5 Å². The molecule has 0 radical (unpaired) electrons. The van der Waals surface area contributed by atoms with E-state index in [2.05, 4.69) is 22.8 Å². The first-order valence-electron chi connectivity index (χ1n) is 8.74. The Morgan fingerprint density at radius 2 is 1.60 bits per heavy atom. The number of allylic oxidation sites excluding steroid dienone is 2. The highest BCUT2D eigenvalue weighted by Crippen LogP contribution is 2.49. The van der Waals surface area contributed by atoms with Crippen molar-refractivity contribution in [2.24, 2.45) is 23.7 Å². The minimum absolute atomic E-state index is 0.151. The molecule has 130 valence electrons. The maximum atomic E-state index is 12.8. The second-order valence-corrected chi connectivity index (χ2v) is 7.03. The van der Waals surface area contributed by atoms with E-state index < -0.39 is 12.2 Å². The number of hydrogen-bond acceptors (Lipinski definition) is 3. The fourth-order valence-electron chi connectivity index (χ4n) is 4.42. The predicted molar refractivity (Wildman–Crippen MR) is 92.2 cm³/mol. The van der Waals surface area contributed by atoms with Crippen molar-refractivity contribution in [3.63, 3.8) is 0 Å². The summed E-state index contributed by atoms with van der Waals surface area (Å²) in [7, 11) is 0. The second-order valence-electron chi connectivity index (χ2n) is 7.03. The highest BCUT2D eigenvalue weighted by molar-refractivity contribution is 6.06. The van der Waals surface area contributed by atoms with Gasteiger partial charge in [0.25, 0.3) is 0 Å². The van der Waals surface area contributed by atoms with Crippen LogP contribution in [0.5, 0.6) is 0 Å². The zero-order valence-corrected chi connectivity index (χ0v) is 14.0. The minimum atomic E-state index is -0.672. The van der Waals surface area contributed by atoms with Gasteiger partial charge in [-0.3, -0.25) is 14.5 Å². The average Bonchev–Trinajstić information content (AvgIpc) is 2.90. The van der Waals surface area contributed by atoms with Gasteiger partial charge in [-0.05, 0) is 43.7 Å². The van der Waals surface area contributed by atoms with E-state index >= 15 is 0 Å². The van der Waals surface area contributed by atoms with Crippen LogP contribution in [0, 0.1) is 23.7 Å². The van der Waals surface area contributed by atoms with Crippen LogP contribution >= 0.6 is 0 Å². The van der Waals surface area contributed by atoms with Gasteiger partial charge in [0.15, 0.2) is 0 Å². The van der Waals surface area contributed by atoms with E-state index in [0.717, 1.165) is 12.8 Å². The highest BCUT2D eigenvalue weighted by Gasteiger charge is 2.57. The zero-order chi connectivity index (χ0) is 17.6. The van der Waals surface area contributed by atoms with Crippen molar-refractivity contribution in [2.45, 2.75) is 25.9 Å². The number of hydrogen-bond donors (Lipinski definition) is 2. The van der Waals surface area contributed by atoms with Crippen molar-refractivity contribution in [1.29, 1.82) is 0 Å². The quantitative estimate of drug-likeness (QED) is 0.655. The van der Waals surface area contributed by atoms with Crippen LogP contribution in [0.25, 0.3) is 0 Å². The Hall–Kier alpha value is -2.63. The van der Waals surface area contributed by atoms with Gasteiger partial charge in [0.05, 0.1) is 11.8 Å². The number of carbonyl (C=O) groups excluding carboxylic acids is 3. The summed E-state index contributed by atoms with van der Waals surface area (Å²) in [4.78, 5) is 39.1. The first-order chi connectivity index (χ1) is 12.1. The van der Waals surface area contributed by atoms with Crippen LogP contribution in [-0.2, 0) is 9.59 Å². The second kappa shape index (κ2) is 6.02. The predicted octanol–water partition coefficient (Wildman–Crippen LogP) is 2.35. The van der Waals surface area contributed by atoms with E-state index in [1.165, 1.54) is 4.90 Å². The molecule has 0 spiro atoms. The molecule has 3 aliphatic carbocycles. The molecule has 2 fully saturated rings. The lowest BCUT2D eigenvalue weighted by Crippen LogP contribution is -2.50. The number of imide groups is 1. The molecule has 1 aliphatic heterocycles. The Morgan fingerprint density at radius 1 is 1.04 bits per heavy atom. The zero-order valence-electron chi connectivity index (χ0n) is 14.0. The van der Waals surface area contributed by atoms with E-state index in [1.807, 2.05) is 18.2 Å². The molecule has 4 aliphatic rings. The molecule has 0 aromatic heterocycles. The summed E-state index contributed by atoms with van der Waals surface area (Å²) >= 11 is 0. The van der Waals surface area contributed by atoms with Gasteiger partial charge in [-0.25, -0.2) is 4.79 Å². The van der Waals surface area contributed by atoms with Crippen molar-refractivity contribution >= 4 is 23.5 Å². The normalized spacial score (nSPS) is 31.0. The molecule has 5 atom stereocenters. The molecule has 2 N–H and O–H groups in total. The van der Waals surface area contributed by atoms with Gasteiger partial charge < -0.3 is 10.6 Å². The van der Waals surface area contributed by atoms with E-state index in [9.17, 15) is 14.4 Å². The van der Waals surface area contributed by atoms with Crippen LogP contribution in [0.4, 0.5) is 10.5 Å². The third kappa shape index (κ3) is 2.62. The Labute approximate surface area is 146 Å². The lowest BCUT2D eigenvalue weighted by molar-refractivity contribution is -0.142. The number of amides is 4. The van der Waals surface area contributed by atoms with Gasteiger partial charge in [-0.2, -0.15) is 0 Å². The molecule has 1 saturated heterocycles. The van der Waals surface area contributed by atoms with Gasteiger partial charge in [-0.15, -0.1) is 0 Å². The van der Waals surface area contributed by atoms with Crippen molar-refractivity contribution in [1.82, 2.24) is 10.2 Å². The smallest absolute Gasteiger partial charge is 0.317 e. The molecular formula is C19H21N3O3. The maximum absolute atomic E-state index is 12.8. The number of urea groups is 1. The van der Waals surface area contributed by atoms with Crippen molar-refractivity contribution in [3.05, 3.63) is 42.5 Å². The summed E-state index contributed by atoms with van der Waals surface area (Å²) in [5.41, 5.74) is 0.655. The number of nitrogens with one attached hydrogen (secondary N) is 2. The molecule has 1 aromatic carbocycles. The van der Waals surface area contributed by atoms with E-state index in [1.54, 1.807) is 19.1 Å². The van der Waals surface area contributed by atoms with Gasteiger partial charge in [0, 0.05) is 5.69 Å². The number of para-hydroxylation sites is 1. The van der Waals surface area contributed by atoms with Crippen LogP contribution in [0.3, 0.4) is 0 Å². The first kappa shape index (κ1) is 15.9. The highest BCUT2D eigenvalue weighted by atomic mass is 16.2. The largest absolute Gasteiger partial charge is 0.320 e. The van der Waals surface area contributed by atoms with Crippen molar-refractivity contribution in [3.8, 4) is 0 Å². The molecule has 5 rings (SSSR count).